The van der Waals surface area contributed by atoms with E-state index in [9.17, 15) is 0 Å². The normalized spacial score (nSPS) is 11.0. The number of thiazole rings is 1. The zero-order chi connectivity index (χ0) is 15.9. The number of benzene rings is 1. The van der Waals surface area contributed by atoms with Crippen molar-refractivity contribution in [2.24, 2.45) is 0 Å². The molecule has 0 aliphatic carbocycles. The van der Waals surface area contributed by atoms with Gasteiger partial charge in [0.25, 0.3) is 0 Å². The van der Waals surface area contributed by atoms with E-state index < -0.39 is 0 Å². The predicted octanol–water partition coefficient (Wildman–Crippen LogP) is 3.07. The Morgan fingerprint density at radius 3 is 2.55 bits per heavy atom. The molecule has 4 N–H and O–H groups in total. The van der Waals surface area contributed by atoms with Crippen molar-refractivity contribution in [2.45, 2.75) is 20.3 Å². The minimum atomic E-state index is 0.534. The fourth-order valence-corrected chi connectivity index (χ4v) is 3.43. The maximum atomic E-state index is 6.21. The number of hydrogen-bond acceptors (Lipinski definition) is 6. The van der Waals surface area contributed by atoms with E-state index in [-0.39, 0.29) is 0 Å². The van der Waals surface area contributed by atoms with E-state index in [2.05, 4.69) is 9.97 Å². The molecule has 114 valence electrons. The van der Waals surface area contributed by atoms with Crippen LogP contribution in [0.5, 0.6) is 5.75 Å². The quantitative estimate of drug-likeness (QED) is 0.776. The van der Waals surface area contributed by atoms with Crippen LogP contribution in [-0.4, -0.2) is 17.1 Å². The van der Waals surface area contributed by atoms with Crippen LogP contribution in [0, 0.1) is 13.8 Å². The van der Waals surface area contributed by atoms with E-state index in [1.807, 2.05) is 32.0 Å². The third-order valence-corrected chi connectivity index (χ3v) is 4.75. The van der Waals surface area contributed by atoms with E-state index in [1.165, 1.54) is 4.88 Å². The van der Waals surface area contributed by atoms with Gasteiger partial charge in [0.1, 0.15) is 5.75 Å². The second-order valence-corrected chi connectivity index (χ2v) is 6.47. The third-order valence-electron chi connectivity index (χ3n) is 3.68. The molecule has 22 heavy (non-hydrogen) atoms. The van der Waals surface area contributed by atoms with Gasteiger partial charge in [0.2, 0.25) is 0 Å². The number of nitrogen functional groups attached to an aromatic ring is 2. The summed E-state index contributed by atoms with van der Waals surface area (Å²) in [7, 11) is 1.62. The average Bonchev–Trinajstić information content (AvgIpc) is 2.82. The number of methoxy groups -OCH3 is 1. The molecule has 3 aromatic rings. The molecule has 0 saturated carbocycles. The first-order valence-electron chi connectivity index (χ1n) is 6.94. The maximum absolute atomic E-state index is 6.21. The van der Waals surface area contributed by atoms with Gasteiger partial charge >= 0.3 is 0 Å². The lowest BCUT2D eigenvalue weighted by Gasteiger charge is -2.11. The first-order chi connectivity index (χ1) is 10.5. The molecule has 0 unspecified atom stereocenters. The molecule has 0 atom stereocenters. The molecule has 5 nitrogen and oxygen atoms in total. The number of aromatic nitrogens is 2. The maximum Gasteiger partial charge on any atom is 0.119 e. The molecule has 0 saturated heterocycles. The summed E-state index contributed by atoms with van der Waals surface area (Å²) >= 11 is 1.67. The highest BCUT2D eigenvalue weighted by molar-refractivity contribution is 7.11. The highest BCUT2D eigenvalue weighted by Crippen LogP contribution is 2.32. The zero-order valence-electron chi connectivity index (χ0n) is 12.8. The van der Waals surface area contributed by atoms with E-state index >= 15 is 0 Å². The topological polar surface area (TPSA) is 87.0 Å². The molecule has 0 amide bonds. The summed E-state index contributed by atoms with van der Waals surface area (Å²) in [5.74, 6) is 0.738. The van der Waals surface area contributed by atoms with Crippen LogP contribution >= 0.6 is 11.3 Å². The van der Waals surface area contributed by atoms with Crippen LogP contribution in [0.2, 0.25) is 0 Å². The largest absolute Gasteiger partial charge is 0.497 e. The van der Waals surface area contributed by atoms with Crippen molar-refractivity contribution in [3.05, 3.63) is 39.5 Å². The van der Waals surface area contributed by atoms with E-state index in [1.54, 1.807) is 18.4 Å². The molecule has 0 aliphatic heterocycles. The van der Waals surface area contributed by atoms with Gasteiger partial charge in [-0.05, 0) is 32.0 Å². The van der Waals surface area contributed by atoms with Crippen LogP contribution in [0.3, 0.4) is 0 Å². The highest BCUT2D eigenvalue weighted by atomic mass is 32.1. The van der Waals surface area contributed by atoms with Gasteiger partial charge in [0.15, 0.2) is 0 Å². The van der Waals surface area contributed by atoms with E-state index in [4.69, 9.17) is 16.2 Å². The molecule has 2 heterocycles. The summed E-state index contributed by atoms with van der Waals surface area (Å²) in [4.78, 5) is 10.3. The van der Waals surface area contributed by atoms with Crippen LogP contribution in [-0.2, 0) is 6.42 Å². The van der Waals surface area contributed by atoms with E-state index in [0.29, 0.717) is 17.8 Å². The number of ether oxygens (including phenoxy) is 1. The van der Waals surface area contributed by atoms with Crippen molar-refractivity contribution in [3.8, 4) is 5.75 Å². The number of nitrogens with two attached hydrogens (primary N) is 2. The Balaban J connectivity index is 2.11. The fraction of sp³-hybridized carbons (Fsp3) is 0.250. The molecule has 6 heteroatoms. The summed E-state index contributed by atoms with van der Waals surface area (Å²) < 4.78 is 5.23. The molecule has 0 radical (unpaired) electrons. The van der Waals surface area contributed by atoms with Crippen molar-refractivity contribution in [3.63, 3.8) is 0 Å². The number of aryl methyl sites for hydroxylation is 2. The Morgan fingerprint density at radius 1 is 1.14 bits per heavy atom. The molecule has 0 spiro atoms. The first-order valence-corrected chi connectivity index (χ1v) is 7.75. The summed E-state index contributed by atoms with van der Waals surface area (Å²) in [6, 6.07) is 5.63. The van der Waals surface area contributed by atoms with Gasteiger partial charge in [-0.1, -0.05) is 0 Å². The number of pyridine rings is 1. The number of hydrogen-bond donors (Lipinski definition) is 2. The van der Waals surface area contributed by atoms with Gasteiger partial charge < -0.3 is 16.2 Å². The second-order valence-electron chi connectivity index (χ2n) is 5.19. The average molecular weight is 314 g/mol. The van der Waals surface area contributed by atoms with Crippen LogP contribution in [0.25, 0.3) is 10.9 Å². The van der Waals surface area contributed by atoms with Crippen molar-refractivity contribution in [1.82, 2.24) is 9.97 Å². The van der Waals surface area contributed by atoms with Crippen LogP contribution in [0.15, 0.2) is 18.2 Å². The molecular weight excluding hydrogens is 296 g/mol. The SMILES string of the molecule is COc1ccc2nc(Cc3sc(C)nc3C)c(N)c(N)c2c1. The molecule has 0 aliphatic rings. The zero-order valence-corrected chi connectivity index (χ0v) is 13.6. The lowest BCUT2D eigenvalue weighted by Crippen LogP contribution is -2.05. The van der Waals surface area contributed by atoms with Gasteiger partial charge in [0.05, 0.1) is 40.4 Å². The predicted molar refractivity (Wildman–Crippen MR) is 91.5 cm³/mol. The fourth-order valence-electron chi connectivity index (χ4n) is 2.49. The number of fused-ring (bicyclic) bond motifs is 1. The Bertz CT molecular complexity index is 857. The first kappa shape index (κ1) is 14.6. The Morgan fingerprint density at radius 2 is 1.91 bits per heavy atom. The number of rotatable bonds is 3. The summed E-state index contributed by atoms with van der Waals surface area (Å²) in [6.07, 6.45) is 0.648. The molecular formula is C16H18N4OS. The minimum absolute atomic E-state index is 0.534. The Labute approximate surface area is 133 Å². The number of anilines is 2. The van der Waals surface area contributed by atoms with Gasteiger partial charge in [-0.15, -0.1) is 11.3 Å². The smallest absolute Gasteiger partial charge is 0.119 e. The lowest BCUT2D eigenvalue weighted by atomic mass is 10.1. The standard InChI is InChI=1S/C16H18N4OS/c1-8-14(22-9(2)19-8)7-13-16(18)15(17)11-6-10(21-3)4-5-12(11)20-13/h4-6H,7,18H2,1-3H3,(H2,17,20). The van der Waals surface area contributed by atoms with Crippen LogP contribution in [0.1, 0.15) is 21.3 Å². The van der Waals surface area contributed by atoms with Gasteiger partial charge in [-0.25, -0.2) is 4.98 Å². The van der Waals surface area contributed by atoms with Crippen molar-refractivity contribution < 1.29 is 4.74 Å². The van der Waals surface area contributed by atoms with Crippen LogP contribution in [0.4, 0.5) is 11.4 Å². The Hall–Kier alpha value is -2.34. The molecule has 2 aromatic heterocycles. The van der Waals surface area contributed by atoms with Gasteiger partial charge in [-0.3, -0.25) is 4.98 Å². The minimum Gasteiger partial charge on any atom is -0.497 e. The van der Waals surface area contributed by atoms with Crippen LogP contribution < -0.4 is 16.2 Å². The lowest BCUT2D eigenvalue weighted by molar-refractivity contribution is 0.415. The monoisotopic (exact) mass is 314 g/mol. The molecule has 0 bridgehead atoms. The van der Waals surface area contributed by atoms with Gasteiger partial charge in [-0.2, -0.15) is 0 Å². The Kier molecular flexibility index (Phi) is 3.62. The summed E-state index contributed by atoms with van der Waals surface area (Å²) in [5, 5.41) is 1.86. The molecule has 1 aromatic carbocycles. The van der Waals surface area contributed by atoms with E-state index in [0.717, 1.165) is 33.0 Å². The number of nitrogens with zero attached hydrogens (tertiary/aromatic N) is 2. The van der Waals surface area contributed by atoms with Crippen molar-refractivity contribution in [1.29, 1.82) is 0 Å². The van der Waals surface area contributed by atoms with Crippen molar-refractivity contribution in [2.75, 3.05) is 18.6 Å². The second kappa shape index (κ2) is 5.46. The summed E-state index contributed by atoms with van der Waals surface area (Å²) in [6.45, 7) is 4.00. The third kappa shape index (κ3) is 2.46. The molecule has 3 rings (SSSR count). The van der Waals surface area contributed by atoms with Crippen molar-refractivity contribution >= 4 is 33.6 Å². The summed E-state index contributed by atoms with van der Waals surface area (Å²) in [5.41, 5.74) is 16.1. The van der Waals surface area contributed by atoms with Gasteiger partial charge in [0, 0.05) is 16.7 Å². The molecule has 0 fully saturated rings. The highest BCUT2D eigenvalue weighted by Gasteiger charge is 2.14.